The zero-order chi connectivity index (χ0) is 15.5. The summed E-state index contributed by atoms with van der Waals surface area (Å²) in [6.07, 6.45) is 0.722. The smallest absolute Gasteiger partial charge is 0.264 e. The summed E-state index contributed by atoms with van der Waals surface area (Å²) in [4.78, 5) is 0.295. The molecule has 0 bridgehead atoms. The zero-order valence-corrected chi connectivity index (χ0v) is 13.1. The molecular weight excluding hydrogens is 284 g/mol. The van der Waals surface area contributed by atoms with E-state index < -0.39 is 10.0 Å². The summed E-state index contributed by atoms with van der Waals surface area (Å²) in [6.45, 7) is 4.29. The molecular formula is C16H20N2O2S. The van der Waals surface area contributed by atoms with Gasteiger partial charge in [0.2, 0.25) is 0 Å². The first-order valence-electron chi connectivity index (χ1n) is 6.90. The Hall–Kier alpha value is -2.01. The molecule has 2 aromatic rings. The van der Waals surface area contributed by atoms with E-state index >= 15 is 0 Å². The molecule has 0 amide bonds. The van der Waals surface area contributed by atoms with E-state index in [9.17, 15) is 8.42 Å². The highest BCUT2D eigenvalue weighted by molar-refractivity contribution is 7.92. The van der Waals surface area contributed by atoms with E-state index in [4.69, 9.17) is 5.73 Å². The lowest BCUT2D eigenvalue weighted by Crippen LogP contribution is -2.31. The maximum Gasteiger partial charge on any atom is 0.264 e. The standard InChI is InChI=1S/C16H20N2O2S/c1-3-11-18(15-6-4-5-14(17)12-15)21(19,20)16-9-7-13(2)8-10-16/h4-10,12H,3,11,17H2,1-2H3. The van der Waals surface area contributed by atoms with Gasteiger partial charge in [0.1, 0.15) is 0 Å². The van der Waals surface area contributed by atoms with Gasteiger partial charge in [0, 0.05) is 12.2 Å². The van der Waals surface area contributed by atoms with Gasteiger partial charge in [0.05, 0.1) is 10.6 Å². The number of hydrogen-bond donors (Lipinski definition) is 1. The van der Waals surface area contributed by atoms with Crippen molar-refractivity contribution in [1.29, 1.82) is 0 Å². The van der Waals surface area contributed by atoms with E-state index in [0.717, 1.165) is 12.0 Å². The quantitative estimate of drug-likeness (QED) is 0.863. The second kappa shape index (κ2) is 6.18. The highest BCUT2D eigenvalue weighted by atomic mass is 32.2. The van der Waals surface area contributed by atoms with Crippen LogP contribution in [0.1, 0.15) is 18.9 Å². The van der Waals surface area contributed by atoms with E-state index in [1.165, 1.54) is 4.31 Å². The molecule has 0 aliphatic carbocycles. The Morgan fingerprint density at radius 3 is 2.33 bits per heavy atom. The summed E-state index contributed by atoms with van der Waals surface area (Å²) in [5, 5.41) is 0. The van der Waals surface area contributed by atoms with Gasteiger partial charge in [0.25, 0.3) is 10.0 Å². The van der Waals surface area contributed by atoms with Gasteiger partial charge in [0.15, 0.2) is 0 Å². The molecule has 0 spiro atoms. The van der Waals surface area contributed by atoms with Crippen LogP contribution in [-0.4, -0.2) is 15.0 Å². The van der Waals surface area contributed by atoms with Gasteiger partial charge in [-0.3, -0.25) is 4.31 Å². The molecule has 0 radical (unpaired) electrons. The third-order valence-corrected chi connectivity index (χ3v) is 5.04. The number of benzene rings is 2. The molecule has 0 aliphatic heterocycles. The van der Waals surface area contributed by atoms with E-state index in [1.54, 1.807) is 48.5 Å². The number of nitrogens with two attached hydrogens (primary N) is 1. The first-order chi connectivity index (χ1) is 9.95. The van der Waals surface area contributed by atoms with E-state index in [2.05, 4.69) is 0 Å². The van der Waals surface area contributed by atoms with Crippen molar-refractivity contribution in [2.75, 3.05) is 16.6 Å². The summed E-state index contributed by atoms with van der Waals surface area (Å²) in [6, 6.07) is 13.8. The van der Waals surface area contributed by atoms with Gasteiger partial charge >= 0.3 is 0 Å². The van der Waals surface area contributed by atoms with Crippen molar-refractivity contribution in [2.24, 2.45) is 0 Å². The molecule has 2 aromatic carbocycles. The molecule has 4 nitrogen and oxygen atoms in total. The molecule has 0 aromatic heterocycles. The molecule has 0 saturated heterocycles. The SMILES string of the molecule is CCCN(c1cccc(N)c1)S(=O)(=O)c1ccc(C)cc1. The van der Waals surface area contributed by atoms with Crippen LogP contribution in [-0.2, 0) is 10.0 Å². The maximum atomic E-state index is 12.8. The molecule has 2 N–H and O–H groups in total. The van der Waals surface area contributed by atoms with Gasteiger partial charge < -0.3 is 5.73 Å². The van der Waals surface area contributed by atoms with Gasteiger partial charge in [-0.1, -0.05) is 30.7 Å². The molecule has 21 heavy (non-hydrogen) atoms. The number of nitrogen functional groups attached to an aromatic ring is 1. The molecule has 0 aliphatic rings. The van der Waals surface area contributed by atoms with Gasteiger partial charge in [-0.15, -0.1) is 0 Å². The number of hydrogen-bond acceptors (Lipinski definition) is 3. The summed E-state index contributed by atoms with van der Waals surface area (Å²) in [5.41, 5.74) is 7.94. The lowest BCUT2D eigenvalue weighted by atomic mass is 10.2. The Morgan fingerprint density at radius 2 is 1.76 bits per heavy atom. The summed E-state index contributed by atoms with van der Waals surface area (Å²) in [5.74, 6) is 0. The average Bonchev–Trinajstić information content (AvgIpc) is 2.45. The summed E-state index contributed by atoms with van der Waals surface area (Å²) in [7, 11) is -3.57. The minimum atomic E-state index is -3.57. The molecule has 0 saturated carbocycles. The molecule has 2 rings (SSSR count). The van der Waals surface area contributed by atoms with Gasteiger partial charge in [-0.2, -0.15) is 0 Å². The fourth-order valence-corrected chi connectivity index (χ4v) is 3.66. The molecule has 112 valence electrons. The number of sulfonamides is 1. The normalized spacial score (nSPS) is 11.3. The topological polar surface area (TPSA) is 63.4 Å². The van der Waals surface area contributed by atoms with Crippen molar-refractivity contribution in [3.05, 3.63) is 54.1 Å². The van der Waals surface area contributed by atoms with E-state index in [-0.39, 0.29) is 0 Å². The lowest BCUT2D eigenvalue weighted by molar-refractivity contribution is 0.590. The van der Waals surface area contributed by atoms with Crippen LogP contribution in [0.3, 0.4) is 0 Å². The van der Waals surface area contributed by atoms with Crippen molar-refractivity contribution in [1.82, 2.24) is 0 Å². The van der Waals surface area contributed by atoms with Crippen molar-refractivity contribution in [2.45, 2.75) is 25.2 Å². The third-order valence-electron chi connectivity index (χ3n) is 3.19. The average molecular weight is 304 g/mol. The molecule has 0 atom stereocenters. The Morgan fingerprint density at radius 1 is 1.10 bits per heavy atom. The van der Waals surface area contributed by atoms with Gasteiger partial charge in [-0.25, -0.2) is 8.42 Å². The molecule has 5 heteroatoms. The van der Waals surface area contributed by atoms with Crippen LogP contribution in [0, 0.1) is 6.92 Å². The van der Waals surface area contributed by atoms with E-state index in [1.807, 2.05) is 13.8 Å². The minimum absolute atomic E-state index is 0.295. The van der Waals surface area contributed by atoms with E-state index in [0.29, 0.717) is 22.8 Å². The van der Waals surface area contributed by atoms with Crippen LogP contribution in [0.5, 0.6) is 0 Å². The van der Waals surface area contributed by atoms with Crippen molar-refractivity contribution >= 4 is 21.4 Å². The second-order valence-electron chi connectivity index (χ2n) is 4.99. The number of aryl methyl sites for hydroxylation is 1. The summed E-state index contributed by atoms with van der Waals surface area (Å²) >= 11 is 0. The van der Waals surface area contributed by atoms with Crippen LogP contribution in [0.25, 0.3) is 0 Å². The number of rotatable bonds is 5. The lowest BCUT2D eigenvalue weighted by Gasteiger charge is -2.24. The Labute approximate surface area is 126 Å². The van der Waals surface area contributed by atoms with Crippen LogP contribution in [0.2, 0.25) is 0 Å². The van der Waals surface area contributed by atoms with Crippen LogP contribution in [0.15, 0.2) is 53.4 Å². The van der Waals surface area contributed by atoms with Crippen molar-refractivity contribution in [3.8, 4) is 0 Å². The molecule has 0 heterocycles. The first-order valence-corrected chi connectivity index (χ1v) is 8.34. The molecule has 0 unspecified atom stereocenters. The monoisotopic (exact) mass is 304 g/mol. The Kier molecular flexibility index (Phi) is 4.53. The third kappa shape index (κ3) is 3.36. The zero-order valence-electron chi connectivity index (χ0n) is 12.3. The second-order valence-corrected chi connectivity index (χ2v) is 6.85. The Balaban J connectivity index is 2.48. The van der Waals surface area contributed by atoms with Crippen LogP contribution in [0.4, 0.5) is 11.4 Å². The fourth-order valence-electron chi connectivity index (χ4n) is 2.11. The van der Waals surface area contributed by atoms with Crippen LogP contribution >= 0.6 is 0 Å². The highest BCUT2D eigenvalue weighted by Gasteiger charge is 2.24. The minimum Gasteiger partial charge on any atom is -0.399 e. The Bertz CT molecular complexity index is 709. The van der Waals surface area contributed by atoms with Gasteiger partial charge in [-0.05, 0) is 43.7 Å². The van der Waals surface area contributed by atoms with Crippen molar-refractivity contribution in [3.63, 3.8) is 0 Å². The predicted molar refractivity (Wildman–Crippen MR) is 86.9 cm³/mol. The summed E-state index contributed by atoms with van der Waals surface area (Å²) < 4.78 is 27.1. The number of anilines is 2. The number of nitrogens with zero attached hydrogens (tertiary/aromatic N) is 1. The maximum absolute atomic E-state index is 12.8. The van der Waals surface area contributed by atoms with Crippen molar-refractivity contribution < 1.29 is 8.42 Å². The highest BCUT2D eigenvalue weighted by Crippen LogP contribution is 2.25. The predicted octanol–water partition coefficient (Wildman–Crippen LogP) is 3.18. The molecule has 0 fully saturated rings. The largest absolute Gasteiger partial charge is 0.399 e. The van der Waals surface area contributed by atoms with Crippen LogP contribution < -0.4 is 10.0 Å². The first kappa shape index (κ1) is 15.4. The fraction of sp³-hybridized carbons (Fsp3) is 0.250.